The molecule has 0 bridgehead atoms. The highest BCUT2D eigenvalue weighted by Crippen LogP contribution is 2.41. The van der Waals surface area contributed by atoms with Crippen molar-refractivity contribution < 1.29 is 18.3 Å². The molecule has 2 atom stereocenters. The Hall–Kier alpha value is -0.550. The maximum atomic E-state index is 12.2. The van der Waals surface area contributed by atoms with E-state index in [1.165, 1.54) is 0 Å². The zero-order valence-electron chi connectivity index (χ0n) is 7.06. The minimum Gasteiger partial charge on any atom is -0.385 e. The summed E-state index contributed by atoms with van der Waals surface area (Å²) in [4.78, 5) is 0. The summed E-state index contributed by atoms with van der Waals surface area (Å²) in [7, 11) is 0. The molecule has 0 saturated heterocycles. The van der Waals surface area contributed by atoms with Crippen LogP contribution in [0.4, 0.5) is 13.2 Å². The second kappa shape index (κ2) is 2.99. The van der Waals surface area contributed by atoms with E-state index in [0.717, 1.165) is 0 Å². The fraction of sp³-hybridized carbons (Fsp3) is 0.750. The first-order valence-corrected chi connectivity index (χ1v) is 4.00. The van der Waals surface area contributed by atoms with Gasteiger partial charge in [0.2, 0.25) is 0 Å². The average molecular weight is 195 g/mol. The summed E-state index contributed by atoms with van der Waals surface area (Å²) in [5.41, 5.74) is 2.51. The Bertz CT molecular complexity index is 226. The highest BCUT2D eigenvalue weighted by atomic mass is 19.4. The molecule has 1 saturated carbocycles. The summed E-state index contributed by atoms with van der Waals surface area (Å²) in [6.45, 7) is 2.88. The Balaban J connectivity index is 2.77. The number of alkyl halides is 3. The molecule has 0 amide bonds. The molecule has 1 rings (SSSR count). The molecule has 0 aromatic rings. The van der Waals surface area contributed by atoms with Gasteiger partial charge >= 0.3 is 6.18 Å². The zero-order valence-corrected chi connectivity index (χ0v) is 7.06. The Kier molecular flexibility index (Phi) is 2.42. The van der Waals surface area contributed by atoms with E-state index in [-0.39, 0.29) is 18.9 Å². The van der Waals surface area contributed by atoms with E-state index in [1.807, 2.05) is 0 Å². The third-order valence-corrected chi connectivity index (χ3v) is 2.43. The van der Waals surface area contributed by atoms with Crippen LogP contribution in [0, 0.1) is 0 Å². The topological polar surface area (TPSA) is 46.2 Å². The van der Waals surface area contributed by atoms with Crippen molar-refractivity contribution in [3.63, 3.8) is 0 Å². The van der Waals surface area contributed by atoms with Crippen LogP contribution in [-0.4, -0.2) is 22.9 Å². The normalized spacial score (nSPS) is 35.0. The van der Waals surface area contributed by atoms with Gasteiger partial charge in [-0.1, -0.05) is 6.58 Å². The van der Waals surface area contributed by atoms with Crippen LogP contribution in [0.5, 0.6) is 0 Å². The second-order valence-corrected chi connectivity index (χ2v) is 3.51. The SMILES string of the molecule is C=C(C(F)(F)F)C1(O)CCC(N)C1. The Morgan fingerprint density at radius 2 is 2.08 bits per heavy atom. The van der Waals surface area contributed by atoms with Gasteiger partial charge in [0, 0.05) is 6.04 Å². The van der Waals surface area contributed by atoms with E-state index in [1.54, 1.807) is 0 Å². The van der Waals surface area contributed by atoms with Crippen molar-refractivity contribution in [3.8, 4) is 0 Å². The maximum absolute atomic E-state index is 12.2. The summed E-state index contributed by atoms with van der Waals surface area (Å²) < 4.78 is 36.5. The standard InChI is InChI=1S/C8H12F3NO/c1-5(8(9,10)11)7(13)3-2-6(12)4-7/h6,13H,1-4,12H2. The maximum Gasteiger partial charge on any atom is 0.414 e. The third kappa shape index (κ3) is 2.03. The minimum absolute atomic E-state index is 0.0481. The molecule has 13 heavy (non-hydrogen) atoms. The number of aliphatic hydroxyl groups is 1. The zero-order chi connectivity index (χ0) is 10.3. The van der Waals surface area contributed by atoms with Crippen LogP contribution in [-0.2, 0) is 0 Å². The molecular formula is C8H12F3NO. The van der Waals surface area contributed by atoms with Gasteiger partial charge in [0.1, 0.15) is 0 Å². The van der Waals surface area contributed by atoms with Gasteiger partial charge < -0.3 is 10.8 Å². The summed E-state index contributed by atoms with van der Waals surface area (Å²) >= 11 is 0. The highest BCUT2D eigenvalue weighted by molar-refractivity contribution is 5.21. The number of hydrogen-bond donors (Lipinski definition) is 2. The first-order chi connectivity index (χ1) is 5.76. The molecule has 5 heteroatoms. The van der Waals surface area contributed by atoms with Gasteiger partial charge in [-0.3, -0.25) is 0 Å². The van der Waals surface area contributed by atoms with Gasteiger partial charge in [0.05, 0.1) is 11.2 Å². The number of rotatable bonds is 1. The lowest BCUT2D eigenvalue weighted by atomic mass is 9.92. The smallest absolute Gasteiger partial charge is 0.385 e. The molecule has 2 nitrogen and oxygen atoms in total. The molecule has 0 aromatic carbocycles. The van der Waals surface area contributed by atoms with E-state index in [9.17, 15) is 18.3 Å². The average Bonchev–Trinajstić information content (AvgIpc) is 2.29. The fourth-order valence-electron chi connectivity index (χ4n) is 1.60. The van der Waals surface area contributed by atoms with Crippen molar-refractivity contribution in [2.45, 2.75) is 37.1 Å². The molecule has 76 valence electrons. The van der Waals surface area contributed by atoms with E-state index < -0.39 is 17.4 Å². The molecule has 2 unspecified atom stereocenters. The number of nitrogens with two attached hydrogens (primary N) is 1. The van der Waals surface area contributed by atoms with E-state index >= 15 is 0 Å². The number of halogens is 3. The quantitative estimate of drug-likeness (QED) is 0.620. The largest absolute Gasteiger partial charge is 0.414 e. The van der Waals surface area contributed by atoms with Crippen LogP contribution in [0.3, 0.4) is 0 Å². The van der Waals surface area contributed by atoms with E-state index in [2.05, 4.69) is 6.58 Å². The van der Waals surface area contributed by atoms with Crippen molar-refractivity contribution in [3.05, 3.63) is 12.2 Å². The monoisotopic (exact) mass is 195 g/mol. The Morgan fingerprint density at radius 1 is 1.54 bits per heavy atom. The minimum atomic E-state index is -4.53. The van der Waals surface area contributed by atoms with Gasteiger partial charge in [-0.05, 0) is 19.3 Å². The molecule has 1 aliphatic rings. The lowest BCUT2D eigenvalue weighted by Crippen LogP contribution is -2.36. The van der Waals surface area contributed by atoms with Crippen LogP contribution in [0.25, 0.3) is 0 Å². The van der Waals surface area contributed by atoms with Crippen molar-refractivity contribution in [1.29, 1.82) is 0 Å². The van der Waals surface area contributed by atoms with Crippen LogP contribution in [0.15, 0.2) is 12.2 Å². The first kappa shape index (κ1) is 10.5. The molecule has 1 fully saturated rings. The van der Waals surface area contributed by atoms with E-state index in [4.69, 9.17) is 5.73 Å². The Labute approximate surface area is 74.2 Å². The first-order valence-electron chi connectivity index (χ1n) is 4.00. The lowest BCUT2D eigenvalue weighted by Gasteiger charge is -2.26. The van der Waals surface area contributed by atoms with Crippen LogP contribution < -0.4 is 5.73 Å². The molecule has 3 N–H and O–H groups in total. The predicted octanol–water partition coefficient (Wildman–Crippen LogP) is 1.35. The van der Waals surface area contributed by atoms with Crippen LogP contribution in [0.2, 0.25) is 0 Å². The molecule has 0 aliphatic heterocycles. The van der Waals surface area contributed by atoms with E-state index in [0.29, 0.717) is 6.42 Å². The van der Waals surface area contributed by atoms with Crippen molar-refractivity contribution in [2.75, 3.05) is 0 Å². The van der Waals surface area contributed by atoms with Crippen molar-refractivity contribution in [1.82, 2.24) is 0 Å². The highest BCUT2D eigenvalue weighted by Gasteiger charge is 2.48. The lowest BCUT2D eigenvalue weighted by molar-refractivity contribution is -0.119. The Morgan fingerprint density at radius 3 is 2.38 bits per heavy atom. The summed E-state index contributed by atoms with van der Waals surface area (Å²) in [5, 5.41) is 9.57. The predicted molar refractivity (Wildman–Crippen MR) is 42.0 cm³/mol. The molecule has 0 spiro atoms. The molecule has 0 radical (unpaired) electrons. The van der Waals surface area contributed by atoms with Gasteiger partial charge in [0.15, 0.2) is 0 Å². The molecular weight excluding hydrogens is 183 g/mol. The fourth-order valence-corrected chi connectivity index (χ4v) is 1.60. The third-order valence-electron chi connectivity index (χ3n) is 2.43. The van der Waals surface area contributed by atoms with Crippen molar-refractivity contribution >= 4 is 0 Å². The van der Waals surface area contributed by atoms with Crippen LogP contribution >= 0.6 is 0 Å². The number of hydrogen-bond acceptors (Lipinski definition) is 2. The summed E-state index contributed by atoms with van der Waals surface area (Å²) in [5.74, 6) is 0. The molecule has 1 aliphatic carbocycles. The summed E-state index contributed by atoms with van der Waals surface area (Å²) in [6.07, 6.45) is -4.12. The molecule has 0 aromatic heterocycles. The van der Waals surface area contributed by atoms with Crippen molar-refractivity contribution in [2.24, 2.45) is 5.73 Å². The van der Waals surface area contributed by atoms with Gasteiger partial charge in [0.25, 0.3) is 0 Å². The van der Waals surface area contributed by atoms with Crippen LogP contribution in [0.1, 0.15) is 19.3 Å². The molecule has 0 heterocycles. The summed E-state index contributed by atoms with van der Waals surface area (Å²) in [6, 6.07) is -0.357. The van der Waals surface area contributed by atoms with Gasteiger partial charge in [-0.25, -0.2) is 0 Å². The van der Waals surface area contributed by atoms with Gasteiger partial charge in [-0.2, -0.15) is 13.2 Å². The van der Waals surface area contributed by atoms with Gasteiger partial charge in [-0.15, -0.1) is 0 Å². The second-order valence-electron chi connectivity index (χ2n) is 3.51.